The Bertz CT molecular complexity index is 1790. The van der Waals surface area contributed by atoms with Crippen molar-refractivity contribution in [2.24, 2.45) is 0 Å². The molecule has 0 atom stereocenters. The zero-order valence-electron chi connectivity index (χ0n) is 17.9. The third-order valence-electron chi connectivity index (χ3n) is 6.58. The molecule has 0 bridgehead atoms. The average Bonchev–Trinajstić information content (AvgIpc) is 3.29. The van der Waals surface area contributed by atoms with E-state index in [0.29, 0.717) is 0 Å². The second kappa shape index (κ2) is 7.04. The number of pyridine rings is 1. The fourth-order valence-electron chi connectivity index (χ4n) is 4.97. The van der Waals surface area contributed by atoms with Crippen LogP contribution < -0.4 is 0 Å². The quantitative estimate of drug-likeness (QED) is 0.258. The van der Waals surface area contributed by atoms with Crippen LogP contribution in [0.2, 0.25) is 0 Å². The molecular formula is C31H20N2. The summed E-state index contributed by atoms with van der Waals surface area (Å²) in [5.74, 6) is 0. The van der Waals surface area contributed by atoms with Crippen LogP contribution in [0, 0.1) is 0 Å². The van der Waals surface area contributed by atoms with Crippen molar-refractivity contribution in [3.63, 3.8) is 0 Å². The first-order valence-corrected chi connectivity index (χ1v) is 11.2. The standard InChI is InChI=1S/C31H20N2/c1-2-8-21(9-3-1)22-14-16-23(17-15-22)24-18-19-26-27(20-24)25-10-4-6-12-29(25)33-30-13-7-5-11-28(30)32-31(26)33/h1-20H. The largest absolute Gasteiger partial charge is 0.292 e. The number of imidazole rings is 1. The van der Waals surface area contributed by atoms with Crippen LogP contribution in [-0.2, 0) is 0 Å². The minimum absolute atomic E-state index is 1.01. The zero-order chi connectivity index (χ0) is 21.8. The van der Waals surface area contributed by atoms with Gasteiger partial charge in [-0.15, -0.1) is 0 Å². The molecule has 2 heteroatoms. The molecule has 2 aromatic heterocycles. The number of para-hydroxylation sites is 3. The predicted octanol–water partition coefficient (Wildman–Crippen LogP) is 8.13. The van der Waals surface area contributed by atoms with Crippen molar-refractivity contribution in [3.8, 4) is 22.3 Å². The summed E-state index contributed by atoms with van der Waals surface area (Å²) in [6.07, 6.45) is 0. The van der Waals surface area contributed by atoms with E-state index >= 15 is 0 Å². The van der Waals surface area contributed by atoms with E-state index in [2.05, 4.69) is 126 Å². The molecule has 0 N–H and O–H groups in total. The zero-order valence-corrected chi connectivity index (χ0v) is 17.9. The van der Waals surface area contributed by atoms with Crippen molar-refractivity contribution in [2.75, 3.05) is 0 Å². The molecule has 0 unspecified atom stereocenters. The molecule has 0 aliphatic carbocycles. The lowest BCUT2D eigenvalue weighted by molar-refractivity contribution is 1.31. The Kier molecular flexibility index (Phi) is 3.88. The van der Waals surface area contributed by atoms with Crippen molar-refractivity contribution in [2.45, 2.75) is 0 Å². The van der Waals surface area contributed by atoms with Gasteiger partial charge in [0.25, 0.3) is 0 Å². The van der Waals surface area contributed by atoms with Crippen LogP contribution in [-0.4, -0.2) is 9.38 Å². The molecule has 0 radical (unpaired) electrons. The highest BCUT2D eigenvalue weighted by Gasteiger charge is 2.14. The summed E-state index contributed by atoms with van der Waals surface area (Å²) in [5.41, 5.74) is 9.27. The van der Waals surface area contributed by atoms with Crippen LogP contribution in [0.3, 0.4) is 0 Å². The number of fused-ring (bicyclic) bond motifs is 8. The summed E-state index contributed by atoms with van der Waals surface area (Å²) in [6.45, 7) is 0. The molecule has 0 saturated heterocycles. The van der Waals surface area contributed by atoms with E-state index in [0.717, 1.165) is 16.7 Å². The van der Waals surface area contributed by atoms with Gasteiger partial charge in [0.05, 0.1) is 16.6 Å². The summed E-state index contributed by atoms with van der Waals surface area (Å²) in [7, 11) is 0. The van der Waals surface area contributed by atoms with Gasteiger partial charge < -0.3 is 0 Å². The van der Waals surface area contributed by atoms with Gasteiger partial charge in [0.15, 0.2) is 0 Å². The number of hydrogen-bond acceptors (Lipinski definition) is 1. The second-order valence-electron chi connectivity index (χ2n) is 8.48. The number of aromatic nitrogens is 2. The average molecular weight is 421 g/mol. The van der Waals surface area contributed by atoms with Crippen LogP contribution in [0.1, 0.15) is 0 Å². The van der Waals surface area contributed by atoms with Crippen LogP contribution in [0.15, 0.2) is 121 Å². The number of rotatable bonds is 2. The summed E-state index contributed by atoms with van der Waals surface area (Å²) in [5, 5.41) is 3.65. The molecule has 2 nitrogen and oxygen atoms in total. The first kappa shape index (κ1) is 18.2. The van der Waals surface area contributed by atoms with Crippen LogP contribution in [0.4, 0.5) is 0 Å². The minimum atomic E-state index is 1.01. The van der Waals surface area contributed by atoms with Gasteiger partial charge in [-0.3, -0.25) is 4.40 Å². The number of nitrogens with zero attached hydrogens (tertiary/aromatic N) is 2. The van der Waals surface area contributed by atoms with E-state index in [1.165, 1.54) is 43.9 Å². The molecule has 33 heavy (non-hydrogen) atoms. The fourth-order valence-corrected chi connectivity index (χ4v) is 4.97. The van der Waals surface area contributed by atoms with E-state index in [4.69, 9.17) is 4.98 Å². The van der Waals surface area contributed by atoms with Gasteiger partial charge in [-0.1, -0.05) is 91.0 Å². The van der Waals surface area contributed by atoms with E-state index in [1.54, 1.807) is 0 Å². The Morgan fingerprint density at radius 1 is 0.424 bits per heavy atom. The fraction of sp³-hybridized carbons (Fsp3) is 0. The van der Waals surface area contributed by atoms with Crippen molar-refractivity contribution < 1.29 is 0 Å². The monoisotopic (exact) mass is 420 g/mol. The lowest BCUT2D eigenvalue weighted by atomic mass is 9.97. The SMILES string of the molecule is c1ccc(-c2ccc(-c3ccc4c(c3)c3ccccc3n3c5ccccc5nc43)cc2)cc1. The first-order chi connectivity index (χ1) is 16.4. The minimum Gasteiger partial charge on any atom is -0.292 e. The Morgan fingerprint density at radius 3 is 1.85 bits per heavy atom. The van der Waals surface area contributed by atoms with Crippen LogP contribution in [0.25, 0.3) is 60.6 Å². The summed E-state index contributed by atoms with van der Waals surface area (Å²) < 4.78 is 2.29. The molecule has 154 valence electrons. The molecule has 5 aromatic carbocycles. The summed E-state index contributed by atoms with van der Waals surface area (Å²) in [6, 6.07) is 43.1. The maximum Gasteiger partial charge on any atom is 0.146 e. The van der Waals surface area contributed by atoms with Gasteiger partial charge in [0, 0.05) is 10.8 Å². The van der Waals surface area contributed by atoms with E-state index in [1.807, 2.05) is 0 Å². The second-order valence-corrected chi connectivity index (χ2v) is 8.48. The summed E-state index contributed by atoms with van der Waals surface area (Å²) in [4.78, 5) is 5.00. The molecule has 0 amide bonds. The van der Waals surface area contributed by atoms with Crippen LogP contribution >= 0.6 is 0 Å². The highest BCUT2D eigenvalue weighted by atomic mass is 15.0. The highest BCUT2D eigenvalue weighted by Crippen LogP contribution is 2.35. The Labute approximate surface area is 191 Å². The molecular weight excluding hydrogens is 400 g/mol. The smallest absolute Gasteiger partial charge is 0.146 e. The van der Waals surface area contributed by atoms with E-state index < -0.39 is 0 Å². The predicted molar refractivity (Wildman–Crippen MR) is 139 cm³/mol. The van der Waals surface area contributed by atoms with Gasteiger partial charge >= 0.3 is 0 Å². The Morgan fingerprint density at radius 2 is 1.03 bits per heavy atom. The number of benzene rings is 5. The van der Waals surface area contributed by atoms with Crippen molar-refractivity contribution >= 4 is 38.4 Å². The van der Waals surface area contributed by atoms with Crippen LogP contribution in [0.5, 0.6) is 0 Å². The molecule has 0 aliphatic rings. The van der Waals surface area contributed by atoms with Gasteiger partial charge in [0.2, 0.25) is 0 Å². The Hall–Kier alpha value is -4.43. The van der Waals surface area contributed by atoms with Gasteiger partial charge in [0.1, 0.15) is 5.65 Å². The van der Waals surface area contributed by atoms with E-state index in [9.17, 15) is 0 Å². The summed E-state index contributed by atoms with van der Waals surface area (Å²) >= 11 is 0. The topological polar surface area (TPSA) is 17.3 Å². The van der Waals surface area contributed by atoms with Gasteiger partial charge in [-0.05, 0) is 58.0 Å². The maximum absolute atomic E-state index is 5.00. The molecule has 0 aliphatic heterocycles. The van der Waals surface area contributed by atoms with Crippen molar-refractivity contribution in [3.05, 3.63) is 121 Å². The number of hydrogen-bond donors (Lipinski definition) is 0. The lowest BCUT2D eigenvalue weighted by Gasteiger charge is -2.11. The highest BCUT2D eigenvalue weighted by molar-refractivity contribution is 6.14. The lowest BCUT2D eigenvalue weighted by Crippen LogP contribution is -1.91. The maximum atomic E-state index is 5.00. The van der Waals surface area contributed by atoms with Gasteiger partial charge in [-0.25, -0.2) is 4.98 Å². The third kappa shape index (κ3) is 2.78. The molecule has 0 spiro atoms. The van der Waals surface area contributed by atoms with Crippen molar-refractivity contribution in [1.82, 2.24) is 9.38 Å². The van der Waals surface area contributed by atoms with Gasteiger partial charge in [-0.2, -0.15) is 0 Å². The first-order valence-electron chi connectivity index (χ1n) is 11.2. The molecule has 0 fully saturated rings. The Balaban J connectivity index is 1.47. The normalized spacial score (nSPS) is 11.6. The van der Waals surface area contributed by atoms with Crippen molar-refractivity contribution in [1.29, 1.82) is 0 Å². The molecule has 2 heterocycles. The van der Waals surface area contributed by atoms with E-state index in [-0.39, 0.29) is 0 Å². The third-order valence-corrected chi connectivity index (χ3v) is 6.58. The molecule has 7 rings (SSSR count). The molecule has 0 saturated carbocycles. The molecule has 7 aromatic rings.